The molecule has 2 aromatic heterocycles. The molecule has 0 fully saturated rings. The number of nitrogens with zero attached hydrogens (tertiary/aromatic N) is 3. The summed E-state index contributed by atoms with van der Waals surface area (Å²) >= 11 is 6.06. The van der Waals surface area contributed by atoms with E-state index in [4.69, 9.17) is 16.3 Å². The van der Waals surface area contributed by atoms with Gasteiger partial charge in [-0.2, -0.15) is 13.2 Å². The van der Waals surface area contributed by atoms with Crippen molar-refractivity contribution in [3.8, 4) is 17.3 Å². The Bertz CT molecular complexity index is 1400. The predicted octanol–water partition coefficient (Wildman–Crippen LogP) is 3.51. The number of halogens is 5. The van der Waals surface area contributed by atoms with Crippen LogP contribution in [-0.4, -0.2) is 33.2 Å². The van der Waals surface area contributed by atoms with Gasteiger partial charge < -0.3 is 14.8 Å². The Hall–Kier alpha value is -3.87. The van der Waals surface area contributed by atoms with E-state index in [1.165, 1.54) is 32.4 Å². The number of hydrogen-bond acceptors (Lipinski definition) is 7. The molecule has 0 amide bonds. The third kappa shape index (κ3) is 5.29. The Balaban J connectivity index is 2.09. The molecule has 0 aliphatic rings. The fraction of sp³-hybridized carbons (Fsp3) is 0.238. The molecule has 0 radical (unpaired) electrons. The standard InChI is InChI=1S/C21H17ClF4N4O5/c1-10(19(32)34-3)28-13-5-4-6-27-18(13)35-15-8-14(12(23)7-11(15)22)30-17(31)9-16(21(24,25)26)29(2)20(30)33/h4-10,28H,1-3H3. The normalized spacial score (nSPS) is 12.2. The van der Waals surface area contributed by atoms with Crippen LogP contribution in [0, 0.1) is 5.82 Å². The lowest BCUT2D eigenvalue weighted by Gasteiger charge is -2.17. The van der Waals surface area contributed by atoms with Crippen LogP contribution in [0.25, 0.3) is 5.69 Å². The molecule has 35 heavy (non-hydrogen) atoms. The van der Waals surface area contributed by atoms with E-state index in [0.29, 0.717) is 0 Å². The molecule has 0 aliphatic carbocycles. The van der Waals surface area contributed by atoms with E-state index in [9.17, 15) is 31.9 Å². The summed E-state index contributed by atoms with van der Waals surface area (Å²) in [7, 11) is 2.00. The average Bonchev–Trinajstić information content (AvgIpc) is 2.78. The van der Waals surface area contributed by atoms with E-state index in [2.05, 4.69) is 15.0 Å². The predicted molar refractivity (Wildman–Crippen MR) is 117 cm³/mol. The number of carbonyl (C=O) groups is 1. The maximum absolute atomic E-state index is 14.7. The topological polar surface area (TPSA) is 104 Å². The molecule has 186 valence electrons. The number of rotatable bonds is 6. The number of esters is 1. The second-order valence-electron chi connectivity index (χ2n) is 7.12. The number of pyridine rings is 1. The van der Waals surface area contributed by atoms with Gasteiger partial charge in [-0.15, -0.1) is 0 Å². The van der Waals surface area contributed by atoms with Gasteiger partial charge in [0, 0.05) is 25.4 Å². The summed E-state index contributed by atoms with van der Waals surface area (Å²) in [5, 5.41) is 2.52. The van der Waals surface area contributed by atoms with Crippen molar-refractivity contribution in [2.24, 2.45) is 7.05 Å². The van der Waals surface area contributed by atoms with Crippen molar-refractivity contribution in [1.82, 2.24) is 14.1 Å². The number of benzene rings is 1. The largest absolute Gasteiger partial charge is 0.467 e. The molecule has 3 rings (SSSR count). The van der Waals surface area contributed by atoms with Crippen molar-refractivity contribution in [2.75, 3.05) is 12.4 Å². The molecule has 0 saturated heterocycles. The highest BCUT2D eigenvalue weighted by atomic mass is 35.5. The van der Waals surface area contributed by atoms with Crippen molar-refractivity contribution >= 4 is 23.3 Å². The third-order valence-electron chi connectivity index (χ3n) is 4.76. The summed E-state index contributed by atoms with van der Waals surface area (Å²) in [5.74, 6) is -2.14. The molecular weight excluding hydrogens is 500 g/mol. The Morgan fingerprint density at radius 1 is 1.23 bits per heavy atom. The van der Waals surface area contributed by atoms with Gasteiger partial charge in [-0.05, 0) is 25.1 Å². The number of nitrogens with one attached hydrogen (secondary N) is 1. The van der Waals surface area contributed by atoms with Crippen LogP contribution in [0.3, 0.4) is 0 Å². The molecule has 1 aromatic carbocycles. The highest BCUT2D eigenvalue weighted by Gasteiger charge is 2.35. The molecule has 9 nitrogen and oxygen atoms in total. The molecule has 0 bridgehead atoms. The Morgan fingerprint density at radius 3 is 2.54 bits per heavy atom. The van der Waals surface area contributed by atoms with Gasteiger partial charge in [0.2, 0.25) is 5.88 Å². The fourth-order valence-corrected chi connectivity index (χ4v) is 3.23. The van der Waals surface area contributed by atoms with E-state index >= 15 is 0 Å². The number of hydrogen-bond donors (Lipinski definition) is 1. The van der Waals surface area contributed by atoms with E-state index in [1.807, 2.05) is 0 Å². The van der Waals surface area contributed by atoms with Gasteiger partial charge in [0.15, 0.2) is 0 Å². The minimum Gasteiger partial charge on any atom is -0.467 e. The Morgan fingerprint density at radius 2 is 1.91 bits per heavy atom. The van der Waals surface area contributed by atoms with Gasteiger partial charge in [-0.1, -0.05) is 11.6 Å². The highest BCUT2D eigenvalue weighted by Crippen LogP contribution is 2.35. The lowest BCUT2D eigenvalue weighted by Crippen LogP contribution is -2.41. The Labute approximate surface area is 199 Å². The second-order valence-corrected chi connectivity index (χ2v) is 7.53. The lowest BCUT2D eigenvalue weighted by molar-refractivity contribution is -0.144. The van der Waals surface area contributed by atoms with Gasteiger partial charge in [-0.25, -0.2) is 23.5 Å². The van der Waals surface area contributed by atoms with E-state index in [-0.39, 0.29) is 37.5 Å². The first-order valence-electron chi connectivity index (χ1n) is 9.72. The quantitative estimate of drug-likeness (QED) is 0.395. The average molecular weight is 517 g/mol. The number of carbonyl (C=O) groups excluding carboxylic acids is 1. The summed E-state index contributed by atoms with van der Waals surface area (Å²) in [6.45, 7) is 1.51. The van der Waals surface area contributed by atoms with Crippen LogP contribution in [0.15, 0.2) is 46.1 Å². The van der Waals surface area contributed by atoms with Gasteiger partial charge in [0.05, 0.1) is 23.5 Å². The van der Waals surface area contributed by atoms with Crippen LogP contribution in [0.2, 0.25) is 5.02 Å². The zero-order valence-corrected chi connectivity index (χ0v) is 19.1. The minimum atomic E-state index is -4.98. The van der Waals surface area contributed by atoms with Crippen LogP contribution >= 0.6 is 11.6 Å². The highest BCUT2D eigenvalue weighted by molar-refractivity contribution is 6.32. The van der Waals surface area contributed by atoms with Crippen molar-refractivity contribution < 1.29 is 31.8 Å². The molecule has 0 aliphatic heterocycles. The monoisotopic (exact) mass is 516 g/mol. The number of aromatic nitrogens is 3. The van der Waals surface area contributed by atoms with Crippen molar-refractivity contribution in [2.45, 2.75) is 19.1 Å². The van der Waals surface area contributed by atoms with Crippen LogP contribution in [0.4, 0.5) is 23.2 Å². The zero-order chi connectivity index (χ0) is 26.1. The van der Waals surface area contributed by atoms with Crippen LogP contribution in [-0.2, 0) is 22.8 Å². The van der Waals surface area contributed by atoms with Crippen LogP contribution in [0.5, 0.6) is 11.6 Å². The fourth-order valence-electron chi connectivity index (χ4n) is 3.04. The molecule has 1 atom stereocenters. The maximum Gasteiger partial charge on any atom is 0.431 e. The summed E-state index contributed by atoms with van der Waals surface area (Å²) < 4.78 is 64.7. The molecule has 1 N–H and O–H groups in total. The van der Waals surface area contributed by atoms with E-state index in [1.54, 1.807) is 0 Å². The van der Waals surface area contributed by atoms with E-state index < -0.39 is 46.6 Å². The van der Waals surface area contributed by atoms with Crippen LogP contribution < -0.4 is 21.3 Å². The first-order valence-corrected chi connectivity index (χ1v) is 10.1. The smallest absolute Gasteiger partial charge is 0.431 e. The third-order valence-corrected chi connectivity index (χ3v) is 5.05. The first-order chi connectivity index (χ1) is 16.3. The molecule has 3 aromatic rings. The van der Waals surface area contributed by atoms with Crippen molar-refractivity contribution in [3.05, 3.63) is 73.9 Å². The number of anilines is 1. The van der Waals surface area contributed by atoms with Crippen molar-refractivity contribution in [3.63, 3.8) is 0 Å². The second kappa shape index (κ2) is 9.78. The number of alkyl halides is 3. The van der Waals surface area contributed by atoms with Gasteiger partial charge >= 0.3 is 17.8 Å². The lowest BCUT2D eigenvalue weighted by atomic mass is 10.2. The Kier molecular flexibility index (Phi) is 7.19. The summed E-state index contributed by atoms with van der Waals surface area (Å²) in [5.41, 5.74) is -4.84. The molecule has 1 unspecified atom stereocenters. The van der Waals surface area contributed by atoms with Gasteiger partial charge in [0.1, 0.15) is 23.3 Å². The van der Waals surface area contributed by atoms with Gasteiger partial charge in [-0.3, -0.25) is 9.36 Å². The SMILES string of the molecule is COC(=O)C(C)Nc1cccnc1Oc1cc(-n2c(=O)cc(C(F)(F)F)n(C)c2=O)c(F)cc1Cl. The molecule has 2 heterocycles. The first kappa shape index (κ1) is 25.7. The van der Waals surface area contributed by atoms with Gasteiger partial charge in [0.25, 0.3) is 5.56 Å². The summed E-state index contributed by atoms with van der Waals surface area (Å²) in [6.07, 6.45) is -3.64. The maximum atomic E-state index is 14.7. The molecular formula is C21H17ClF4N4O5. The number of ether oxygens (including phenoxy) is 2. The summed E-state index contributed by atoms with van der Waals surface area (Å²) in [6, 6.07) is 4.00. The van der Waals surface area contributed by atoms with Crippen LogP contribution in [0.1, 0.15) is 12.6 Å². The van der Waals surface area contributed by atoms with E-state index in [0.717, 1.165) is 19.2 Å². The zero-order valence-electron chi connectivity index (χ0n) is 18.3. The minimum absolute atomic E-state index is 0.115. The van der Waals surface area contributed by atoms with Crippen molar-refractivity contribution in [1.29, 1.82) is 0 Å². The summed E-state index contributed by atoms with van der Waals surface area (Å²) in [4.78, 5) is 40.7. The molecule has 0 spiro atoms. The molecule has 0 saturated carbocycles. The number of methoxy groups -OCH3 is 1. The molecule has 14 heteroatoms.